The van der Waals surface area contributed by atoms with Crippen LogP contribution in [0.4, 0.5) is 0 Å². The lowest BCUT2D eigenvalue weighted by atomic mass is 10.2. The Labute approximate surface area is 75.1 Å². The molecule has 1 heterocycles. The van der Waals surface area contributed by atoms with Gasteiger partial charge in [0.05, 0.1) is 12.7 Å². The molecule has 0 fully saturated rings. The van der Waals surface area contributed by atoms with Gasteiger partial charge in [-0.25, -0.2) is 4.79 Å². The number of ketones is 1. The number of methoxy groups -OCH3 is 1. The Kier molecular flexibility index (Phi) is 2.51. The number of rotatable bonds is 2. The van der Waals surface area contributed by atoms with Crippen LogP contribution < -0.4 is 10.4 Å². The second kappa shape index (κ2) is 3.43. The zero-order chi connectivity index (χ0) is 10.0. The lowest BCUT2D eigenvalue weighted by molar-refractivity contribution is 0.0982. The van der Waals surface area contributed by atoms with E-state index in [0.717, 1.165) is 0 Å². The Morgan fingerprint density at radius 2 is 2.15 bits per heavy atom. The quantitative estimate of drug-likeness (QED) is 0.644. The Morgan fingerprint density at radius 1 is 1.54 bits per heavy atom. The third-order valence-corrected chi connectivity index (χ3v) is 1.71. The van der Waals surface area contributed by atoms with E-state index in [0.29, 0.717) is 11.3 Å². The molecular formula is C9H10O4. The highest BCUT2D eigenvalue weighted by molar-refractivity contribution is 5.91. The van der Waals surface area contributed by atoms with Crippen LogP contribution in [0.15, 0.2) is 15.3 Å². The van der Waals surface area contributed by atoms with Crippen LogP contribution >= 0.6 is 0 Å². The lowest BCUT2D eigenvalue weighted by Crippen LogP contribution is -2.09. The van der Waals surface area contributed by atoms with E-state index in [1.807, 2.05) is 0 Å². The van der Waals surface area contributed by atoms with Crippen molar-refractivity contribution in [3.8, 4) is 5.75 Å². The second-order valence-electron chi connectivity index (χ2n) is 2.65. The fourth-order valence-corrected chi connectivity index (χ4v) is 0.919. The van der Waals surface area contributed by atoms with Crippen LogP contribution in [0.1, 0.15) is 23.0 Å². The highest BCUT2D eigenvalue weighted by Crippen LogP contribution is 2.15. The van der Waals surface area contributed by atoms with Gasteiger partial charge in [-0.2, -0.15) is 0 Å². The summed E-state index contributed by atoms with van der Waals surface area (Å²) in [5.41, 5.74) is -0.169. The van der Waals surface area contributed by atoms with Crippen LogP contribution in [0.3, 0.4) is 0 Å². The molecule has 0 bridgehead atoms. The molecule has 0 aliphatic rings. The summed E-state index contributed by atoms with van der Waals surface area (Å²) in [4.78, 5) is 22.0. The van der Waals surface area contributed by atoms with E-state index in [1.54, 1.807) is 6.92 Å². The Morgan fingerprint density at radius 3 is 2.62 bits per heavy atom. The molecule has 0 spiro atoms. The number of ether oxygens (including phenoxy) is 1. The summed E-state index contributed by atoms with van der Waals surface area (Å²) in [6.07, 6.45) is 0. The first-order valence-corrected chi connectivity index (χ1v) is 3.76. The minimum atomic E-state index is -0.537. The minimum Gasteiger partial charge on any atom is -0.496 e. The van der Waals surface area contributed by atoms with Crippen molar-refractivity contribution >= 4 is 5.78 Å². The van der Waals surface area contributed by atoms with Gasteiger partial charge in [0.1, 0.15) is 5.75 Å². The van der Waals surface area contributed by atoms with Crippen molar-refractivity contribution in [2.75, 3.05) is 7.11 Å². The molecule has 1 aromatic rings. The standard InChI is InChI=1S/C9H10O4/c1-5-7(12-3)4-8(6(2)10)13-9(5)11/h4H,1-3H3. The summed E-state index contributed by atoms with van der Waals surface area (Å²) in [5.74, 6) is 0.101. The van der Waals surface area contributed by atoms with Gasteiger partial charge in [-0.05, 0) is 6.92 Å². The topological polar surface area (TPSA) is 56.5 Å². The predicted octanol–water partition coefficient (Wildman–Crippen LogP) is 1.16. The number of carbonyl (C=O) groups excluding carboxylic acids is 1. The minimum absolute atomic E-state index is 0.0208. The Hall–Kier alpha value is -1.58. The molecule has 1 rings (SSSR count). The van der Waals surface area contributed by atoms with E-state index >= 15 is 0 Å². The van der Waals surface area contributed by atoms with Crippen molar-refractivity contribution in [3.63, 3.8) is 0 Å². The maximum absolute atomic E-state index is 11.1. The molecule has 4 nitrogen and oxygen atoms in total. The monoisotopic (exact) mass is 182 g/mol. The molecule has 0 saturated carbocycles. The molecule has 70 valence electrons. The van der Waals surface area contributed by atoms with Gasteiger partial charge in [0.15, 0.2) is 11.5 Å². The van der Waals surface area contributed by atoms with Gasteiger partial charge in [0, 0.05) is 13.0 Å². The van der Waals surface area contributed by atoms with Crippen molar-refractivity contribution in [2.45, 2.75) is 13.8 Å². The first kappa shape index (κ1) is 9.51. The molecule has 0 unspecified atom stereocenters. The van der Waals surface area contributed by atoms with Crippen LogP contribution in [-0.4, -0.2) is 12.9 Å². The fourth-order valence-electron chi connectivity index (χ4n) is 0.919. The zero-order valence-corrected chi connectivity index (χ0v) is 7.71. The number of carbonyl (C=O) groups is 1. The third kappa shape index (κ3) is 1.77. The number of Topliss-reactive ketones (excluding diaryl/α,β-unsaturated/α-hetero) is 1. The fraction of sp³-hybridized carbons (Fsp3) is 0.333. The van der Waals surface area contributed by atoms with Crippen LogP contribution in [0.2, 0.25) is 0 Å². The molecule has 1 aromatic heterocycles. The molecule has 0 aliphatic carbocycles. The number of hydrogen-bond acceptors (Lipinski definition) is 4. The molecule has 0 N–H and O–H groups in total. The van der Waals surface area contributed by atoms with Gasteiger partial charge >= 0.3 is 5.63 Å². The van der Waals surface area contributed by atoms with Crippen LogP contribution in [0, 0.1) is 6.92 Å². The van der Waals surface area contributed by atoms with Gasteiger partial charge in [-0.15, -0.1) is 0 Å². The average molecular weight is 182 g/mol. The lowest BCUT2D eigenvalue weighted by Gasteiger charge is -2.03. The highest BCUT2D eigenvalue weighted by atomic mass is 16.5. The molecule has 0 radical (unpaired) electrons. The summed E-state index contributed by atoms with van der Waals surface area (Å²) in [7, 11) is 1.44. The molecule has 4 heteroatoms. The molecule has 0 aromatic carbocycles. The van der Waals surface area contributed by atoms with Crippen molar-refractivity contribution in [2.24, 2.45) is 0 Å². The van der Waals surface area contributed by atoms with Gasteiger partial charge in [-0.1, -0.05) is 0 Å². The third-order valence-electron chi connectivity index (χ3n) is 1.71. The normalized spacial score (nSPS) is 9.77. The largest absolute Gasteiger partial charge is 0.496 e. The van der Waals surface area contributed by atoms with Gasteiger partial charge in [-0.3, -0.25) is 4.79 Å². The van der Waals surface area contributed by atoms with E-state index in [-0.39, 0.29) is 11.5 Å². The van der Waals surface area contributed by atoms with E-state index in [2.05, 4.69) is 0 Å². The van der Waals surface area contributed by atoms with Crippen molar-refractivity contribution < 1.29 is 13.9 Å². The van der Waals surface area contributed by atoms with Gasteiger partial charge in [0.25, 0.3) is 0 Å². The maximum atomic E-state index is 11.1. The maximum Gasteiger partial charge on any atom is 0.343 e. The Balaban J connectivity index is 3.39. The summed E-state index contributed by atoms with van der Waals surface area (Å²) in [6, 6.07) is 1.42. The molecule has 0 amide bonds. The van der Waals surface area contributed by atoms with E-state index < -0.39 is 5.63 Å². The van der Waals surface area contributed by atoms with Crippen molar-refractivity contribution in [1.82, 2.24) is 0 Å². The zero-order valence-electron chi connectivity index (χ0n) is 7.71. The second-order valence-corrected chi connectivity index (χ2v) is 2.65. The van der Waals surface area contributed by atoms with Crippen LogP contribution in [-0.2, 0) is 0 Å². The van der Waals surface area contributed by atoms with Gasteiger partial charge < -0.3 is 9.15 Å². The summed E-state index contributed by atoms with van der Waals surface area (Å²) >= 11 is 0. The average Bonchev–Trinajstić information content (AvgIpc) is 2.09. The Bertz CT molecular complexity index is 389. The summed E-state index contributed by atoms with van der Waals surface area (Å²) in [6.45, 7) is 2.90. The van der Waals surface area contributed by atoms with Crippen molar-refractivity contribution in [1.29, 1.82) is 0 Å². The molecule has 0 atom stereocenters. The summed E-state index contributed by atoms with van der Waals surface area (Å²) in [5, 5.41) is 0. The first-order chi connectivity index (χ1) is 6.06. The molecule has 0 saturated heterocycles. The predicted molar refractivity (Wildman–Crippen MR) is 46.3 cm³/mol. The highest BCUT2D eigenvalue weighted by Gasteiger charge is 2.10. The van der Waals surface area contributed by atoms with Crippen LogP contribution in [0.5, 0.6) is 5.75 Å². The first-order valence-electron chi connectivity index (χ1n) is 3.76. The van der Waals surface area contributed by atoms with E-state index in [9.17, 15) is 9.59 Å². The van der Waals surface area contributed by atoms with E-state index in [4.69, 9.17) is 9.15 Å². The van der Waals surface area contributed by atoms with Gasteiger partial charge in [0.2, 0.25) is 0 Å². The van der Waals surface area contributed by atoms with E-state index in [1.165, 1.54) is 20.1 Å². The van der Waals surface area contributed by atoms with Crippen molar-refractivity contribution in [3.05, 3.63) is 27.8 Å². The molecule has 13 heavy (non-hydrogen) atoms. The summed E-state index contributed by atoms with van der Waals surface area (Å²) < 4.78 is 9.63. The SMILES string of the molecule is COc1cc(C(C)=O)oc(=O)c1C. The smallest absolute Gasteiger partial charge is 0.343 e. The molecular weight excluding hydrogens is 172 g/mol. The molecule has 0 aliphatic heterocycles. The number of hydrogen-bond donors (Lipinski definition) is 0. The van der Waals surface area contributed by atoms with Crippen LogP contribution in [0.25, 0.3) is 0 Å².